The number of furan rings is 1. The average molecular weight is 491 g/mol. The Morgan fingerprint density at radius 3 is 2.72 bits per heavy atom. The van der Waals surface area contributed by atoms with Crippen LogP contribution in [0.4, 0.5) is 0 Å². The SMILES string of the molecule is COc1ccc(/C=C/CN2CCC(O)(c3ccc4oc(C(=O)NC[C@@H]5CCCO5)cc4c3)CC2)cc1. The van der Waals surface area contributed by atoms with Crippen molar-refractivity contribution < 1.29 is 23.8 Å². The van der Waals surface area contributed by atoms with Crippen LogP contribution in [0.3, 0.4) is 0 Å². The summed E-state index contributed by atoms with van der Waals surface area (Å²) < 4.78 is 16.5. The third-order valence-electron chi connectivity index (χ3n) is 7.26. The molecule has 0 radical (unpaired) electrons. The van der Waals surface area contributed by atoms with Gasteiger partial charge in [-0.3, -0.25) is 9.69 Å². The monoisotopic (exact) mass is 490 g/mol. The average Bonchev–Trinajstić information content (AvgIpc) is 3.58. The Bertz CT molecular complexity index is 1200. The summed E-state index contributed by atoms with van der Waals surface area (Å²) in [6, 6.07) is 15.5. The van der Waals surface area contributed by atoms with Crippen molar-refractivity contribution in [3.63, 3.8) is 0 Å². The van der Waals surface area contributed by atoms with Crippen molar-refractivity contribution in [1.82, 2.24) is 10.2 Å². The maximum absolute atomic E-state index is 12.5. The second kappa shape index (κ2) is 10.9. The van der Waals surface area contributed by atoms with Crippen molar-refractivity contribution in [3.05, 3.63) is 71.5 Å². The van der Waals surface area contributed by atoms with Gasteiger partial charge in [0, 0.05) is 38.2 Å². The Hall–Kier alpha value is -3.13. The van der Waals surface area contributed by atoms with Gasteiger partial charge in [0.05, 0.1) is 18.8 Å². The highest BCUT2D eigenvalue weighted by molar-refractivity contribution is 5.96. The lowest BCUT2D eigenvalue weighted by molar-refractivity contribution is -0.0232. The summed E-state index contributed by atoms with van der Waals surface area (Å²) in [7, 11) is 1.67. The maximum atomic E-state index is 12.5. The molecule has 1 aromatic heterocycles. The van der Waals surface area contributed by atoms with E-state index in [0.717, 1.165) is 61.3 Å². The van der Waals surface area contributed by atoms with Crippen LogP contribution in [0.2, 0.25) is 0 Å². The first-order valence-electron chi connectivity index (χ1n) is 12.7. The molecule has 1 amide bonds. The smallest absolute Gasteiger partial charge is 0.287 e. The van der Waals surface area contributed by atoms with E-state index in [2.05, 4.69) is 22.4 Å². The zero-order valence-electron chi connectivity index (χ0n) is 20.7. The van der Waals surface area contributed by atoms with E-state index in [4.69, 9.17) is 13.9 Å². The molecule has 1 atom stereocenters. The summed E-state index contributed by atoms with van der Waals surface area (Å²) in [5.41, 5.74) is 1.77. The largest absolute Gasteiger partial charge is 0.497 e. The van der Waals surface area contributed by atoms with Crippen molar-refractivity contribution >= 4 is 23.0 Å². The number of carbonyl (C=O) groups excluding carboxylic acids is 1. The molecule has 2 N–H and O–H groups in total. The molecule has 0 bridgehead atoms. The summed E-state index contributed by atoms with van der Waals surface area (Å²) in [4.78, 5) is 14.9. The molecule has 36 heavy (non-hydrogen) atoms. The topological polar surface area (TPSA) is 84.2 Å². The van der Waals surface area contributed by atoms with Crippen molar-refractivity contribution in [2.45, 2.75) is 37.4 Å². The molecule has 3 heterocycles. The number of likely N-dealkylation sites (tertiary alicyclic amines) is 1. The molecular formula is C29H34N2O5. The molecule has 2 aliphatic heterocycles. The van der Waals surface area contributed by atoms with Crippen LogP contribution in [-0.2, 0) is 10.3 Å². The molecule has 2 saturated heterocycles. The fourth-order valence-electron chi connectivity index (χ4n) is 4.99. The molecule has 2 fully saturated rings. The number of hydrogen-bond acceptors (Lipinski definition) is 6. The van der Waals surface area contributed by atoms with Gasteiger partial charge in [-0.15, -0.1) is 0 Å². The van der Waals surface area contributed by atoms with Gasteiger partial charge >= 0.3 is 0 Å². The van der Waals surface area contributed by atoms with Gasteiger partial charge in [0.2, 0.25) is 0 Å². The van der Waals surface area contributed by atoms with Gasteiger partial charge in [0.1, 0.15) is 11.3 Å². The minimum atomic E-state index is -0.885. The van der Waals surface area contributed by atoms with Crippen LogP contribution in [0.15, 0.2) is 59.0 Å². The van der Waals surface area contributed by atoms with E-state index in [1.165, 1.54) is 0 Å². The fraction of sp³-hybridized carbons (Fsp3) is 0.414. The van der Waals surface area contributed by atoms with Crippen LogP contribution in [0.5, 0.6) is 5.75 Å². The third kappa shape index (κ3) is 5.64. The molecule has 0 spiro atoms. The lowest BCUT2D eigenvalue weighted by Crippen LogP contribution is -2.42. The van der Waals surface area contributed by atoms with Crippen LogP contribution >= 0.6 is 0 Å². The predicted octanol–water partition coefficient (Wildman–Crippen LogP) is 4.35. The number of ether oxygens (including phenoxy) is 2. The first-order valence-corrected chi connectivity index (χ1v) is 12.7. The van der Waals surface area contributed by atoms with E-state index in [-0.39, 0.29) is 17.8 Å². The molecule has 2 aromatic carbocycles. The minimum Gasteiger partial charge on any atom is -0.497 e. The van der Waals surface area contributed by atoms with Gasteiger partial charge in [-0.2, -0.15) is 0 Å². The van der Waals surface area contributed by atoms with Crippen LogP contribution in [-0.4, -0.2) is 61.9 Å². The Balaban J connectivity index is 1.16. The van der Waals surface area contributed by atoms with Crippen molar-refractivity contribution in [2.24, 2.45) is 0 Å². The van der Waals surface area contributed by atoms with Crippen molar-refractivity contribution in [1.29, 1.82) is 0 Å². The second-order valence-corrected chi connectivity index (χ2v) is 9.72. The second-order valence-electron chi connectivity index (χ2n) is 9.72. The Kier molecular flexibility index (Phi) is 7.41. The first kappa shape index (κ1) is 24.6. The standard InChI is InChI=1S/C29H34N2O5/c1-34-24-9-6-21(7-10-24)4-2-14-31-15-12-29(33,13-16-31)23-8-11-26-22(18-23)19-27(36-26)28(32)30-20-25-5-3-17-35-25/h2,4,6-11,18-19,25,33H,3,5,12-17,20H2,1H3,(H,30,32)/b4-2+/t25-/m0/s1. The van der Waals surface area contributed by atoms with Gasteiger partial charge in [-0.05, 0) is 67.1 Å². The van der Waals surface area contributed by atoms with E-state index in [0.29, 0.717) is 25.0 Å². The molecule has 7 nitrogen and oxygen atoms in total. The van der Waals surface area contributed by atoms with E-state index < -0.39 is 5.60 Å². The number of rotatable bonds is 8. The molecule has 7 heteroatoms. The predicted molar refractivity (Wildman–Crippen MR) is 139 cm³/mol. The summed E-state index contributed by atoms with van der Waals surface area (Å²) in [6.07, 6.45) is 7.68. The number of aliphatic hydroxyl groups is 1. The van der Waals surface area contributed by atoms with E-state index in [9.17, 15) is 9.90 Å². The van der Waals surface area contributed by atoms with E-state index >= 15 is 0 Å². The highest BCUT2D eigenvalue weighted by Crippen LogP contribution is 2.35. The number of nitrogens with one attached hydrogen (secondary N) is 1. The van der Waals surface area contributed by atoms with Crippen LogP contribution in [0, 0.1) is 0 Å². The third-order valence-corrected chi connectivity index (χ3v) is 7.26. The van der Waals surface area contributed by atoms with Gasteiger partial charge in [-0.1, -0.05) is 30.4 Å². The number of amides is 1. The molecule has 0 aliphatic carbocycles. The molecule has 190 valence electrons. The highest BCUT2D eigenvalue weighted by Gasteiger charge is 2.34. The number of nitrogens with zero attached hydrogens (tertiary/aromatic N) is 1. The summed E-state index contributed by atoms with van der Waals surface area (Å²) >= 11 is 0. The molecule has 3 aromatic rings. The van der Waals surface area contributed by atoms with Gasteiger partial charge in [-0.25, -0.2) is 0 Å². The van der Waals surface area contributed by atoms with Crippen LogP contribution in [0.1, 0.15) is 47.4 Å². The zero-order valence-corrected chi connectivity index (χ0v) is 20.7. The summed E-state index contributed by atoms with van der Waals surface area (Å²) in [5, 5.41) is 15.1. The van der Waals surface area contributed by atoms with E-state index in [1.54, 1.807) is 13.2 Å². The lowest BCUT2D eigenvalue weighted by atomic mass is 9.84. The number of benzene rings is 2. The summed E-state index contributed by atoms with van der Waals surface area (Å²) in [6.45, 7) is 3.71. The first-order chi connectivity index (χ1) is 17.5. The quantitative estimate of drug-likeness (QED) is 0.489. The minimum absolute atomic E-state index is 0.0861. The Morgan fingerprint density at radius 1 is 1.19 bits per heavy atom. The fourth-order valence-corrected chi connectivity index (χ4v) is 4.99. The number of fused-ring (bicyclic) bond motifs is 1. The molecule has 5 rings (SSSR count). The highest BCUT2D eigenvalue weighted by atomic mass is 16.5. The van der Waals surface area contributed by atoms with Crippen molar-refractivity contribution in [2.75, 3.05) is 39.9 Å². The van der Waals surface area contributed by atoms with Gasteiger partial charge in [0.15, 0.2) is 5.76 Å². The van der Waals surface area contributed by atoms with Crippen molar-refractivity contribution in [3.8, 4) is 5.75 Å². The number of carbonyl (C=O) groups is 1. The number of piperidine rings is 1. The number of methoxy groups -OCH3 is 1. The summed E-state index contributed by atoms with van der Waals surface area (Å²) in [5.74, 6) is 0.897. The Morgan fingerprint density at radius 2 is 2.00 bits per heavy atom. The molecule has 0 unspecified atom stereocenters. The lowest BCUT2D eigenvalue weighted by Gasteiger charge is -2.38. The normalized spacial score (nSPS) is 20.2. The molecule has 2 aliphatic rings. The Labute approximate surface area is 211 Å². The molecule has 0 saturated carbocycles. The number of hydrogen-bond donors (Lipinski definition) is 2. The van der Waals surface area contributed by atoms with Gasteiger partial charge in [0.25, 0.3) is 5.91 Å². The maximum Gasteiger partial charge on any atom is 0.287 e. The van der Waals surface area contributed by atoms with Gasteiger partial charge < -0.3 is 24.3 Å². The molecular weight excluding hydrogens is 456 g/mol. The van der Waals surface area contributed by atoms with E-state index in [1.807, 2.05) is 42.5 Å². The van der Waals surface area contributed by atoms with Crippen LogP contribution < -0.4 is 10.1 Å². The zero-order chi connectivity index (χ0) is 25.0. The van der Waals surface area contributed by atoms with Crippen LogP contribution in [0.25, 0.3) is 17.0 Å².